The van der Waals surface area contributed by atoms with Crippen LogP contribution in [-0.2, 0) is 24.2 Å². The molecule has 204 valence electrons. The van der Waals surface area contributed by atoms with Gasteiger partial charge in [0.15, 0.2) is 0 Å². The predicted molar refractivity (Wildman–Crippen MR) is 162 cm³/mol. The summed E-state index contributed by atoms with van der Waals surface area (Å²) in [4.78, 5) is 0. The molecule has 0 aromatic heterocycles. The standard InChI is InChI=1S/C13H9.C13H10.C11H17.2ClH.Zr/c1-3-7-12-10(5-1)9-11-6-2-4-8-13(11)12;1-3-7-12(8-4-1)11-13-9-5-2-6-10-13;1-3-5-10-7-8-11(9-10)6-4-2;;;/h1-9H;1-10H;9H,3-7H2,1-2H3;2*1H;/q-1;;-1;;;+2/p-2. The molecule has 3 heteroatoms. The van der Waals surface area contributed by atoms with Crippen LogP contribution in [0.5, 0.6) is 0 Å². The molecule has 5 aromatic rings. The van der Waals surface area contributed by atoms with Crippen LogP contribution in [-0.4, -0.2) is 3.21 Å². The second-order valence-corrected chi connectivity index (χ2v) is 10.8. The van der Waals surface area contributed by atoms with Crippen molar-refractivity contribution in [1.82, 2.24) is 0 Å². The van der Waals surface area contributed by atoms with E-state index in [-0.39, 0.29) is 24.8 Å². The molecule has 0 fully saturated rings. The van der Waals surface area contributed by atoms with E-state index in [1.54, 1.807) is 5.57 Å². The van der Waals surface area contributed by atoms with Gasteiger partial charge in [0, 0.05) is 0 Å². The molecular weight excluding hydrogens is 607 g/mol. The first-order valence-corrected chi connectivity index (χ1v) is 14.9. The van der Waals surface area contributed by atoms with Crippen molar-refractivity contribution >= 4 is 24.8 Å². The van der Waals surface area contributed by atoms with Crippen LogP contribution in [0.4, 0.5) is 0 Å². The molecule has 0 N–H and O–H groups in total. The Morgan fingerprint density at radius 2 is 1.10 bits per heavy atom. The molecule has 0 bridgehead atoms. The van der Waals surface area contributed by atoms with Crippen LogP contribution in [0.3, 0.4) is 0 Å². The molecule has 0 heterocycles. The molecular formula is C37H36Cl2Zr-2. The average molecular weight is 643 g/mol. The molecule has 0 amide bonds. The fourth-order valence-corrected chi connectivity index (χ4v) is 5.59. The summed E-state index contributed by atoms with van der Waals surface area (Å²) < 4.78 is 1.42. The summed E-state index contributed by atoms with van der Waals surface area (Å²) >= 11 is 1.46. The van der Waals surface area contributed by atoms with Crippen LogP contribution in [0.25, 0.3) is 21.5 Å². The average Bonchev–Trinajstić information content (AvgIpc) is 3.59. The van der Waals surface area contributed by atoms with Gasteiger partial charge in [-0.25, -0.2) is 11.6 Å². The zero-order valence-corrected chi connectivity index (χ0v) is 27.3. The van der Waals surface area contributed by atoms with Crippen LogP contribution in [0.2, 0.25) is 0 Å². The van der Waals surface area contributed by atoms with E-state index in [9.17, 15) is 0 Å². The zero-order chi connectivity index (χ0) is 26.6. The van der Waals surface area contributed by atoms with E-state index in [0.717, 1.165) is 6.42 Å². The van der Waals surface area contributed by atoms with E-state index < -0.39 is 0 Å². The van der Waals surface area contributed by atoms with Crippen LogP contribution in [0, 0.1) is 6.08 Å². The third kappa shape index (κ3) is 9.59. The maximum atomic E-state index is 3.42. The molecule has 0 unspecified atom stereocenters. The molecule has 40 heavy (non-hydrogen) atoms. The molecule has 0 radical (unpaired) electrons. The third-order valence-corrected chi connectivity index (χ3v) is 8.08. The molecule has 0 saturated carbocycles. The summed E-state index contributed by atoms with van der Waals surface area (Å²) in [5.41, 5.74) is 5.68. The monoisotopic (exact) mass is 640 g/mol. The molecule has 1 aliphatic carbocycles. The Balaban J connectivity index is 0.000000207. The van der Waals surface area contributed by atoms with Crippen molar-refractivity contribution in [3.63, 3.8) is 0 Å². The largest absolute Gasteiger partial charge is 0.126 e. The molecule has 5 aromatic carbocycles. The first-order chi connectivity index (χ1) is 18.7. The molecule has 0 spiro atoms. The summed E-state index contributed by atoms with van der Waals surface area (Å²) in [5, 5.41) is 5.39. The predicted octanol–water partition coefficient (Wildman–Crippen LogP) is 4.17. The summed E-state index contributed by atoms with van der Waals surface area (Å²) in [6.07, 6.45) is 11.9. The number of benzene rings is 4. The second kappa shape index (κ2) is 18.1. The van der Waals surface area contributed by atoms with Crippen molar-refractivity contribution in [2.24, 2.45) is 0 Å². The van der Waals surface area contributed by atoms with Gasteiger partial charge in [-0.2, -0.15) is 5.57 Å². The minimum absolute atomic E-state index is 0. The number of allylic oxidation sites excluding steroid dienone is 4. The van der Waals surface area contributed by atoms with Gasteiger partial charge in [0.05, 0.1) is 0 Å². The van der Waals surface area contributed by atoms with E-state index in [4.69, 9.17) is 0 Å². The van der Waals surface area contributed by atoms with Crippen molar-refractivity contribution in [1.29, 1.82) is 0 Å². The number of rotatable bonds is 6. The molecule has 0 saturated heterocycles. The minimum atomic E-state index is 0. The van der Waals surface area contributed by atoms with E-state index in [1.165, 1.54) is 91.4 Å². The second-order valence-electron chi connectivity index (χ2n) is 9.61. The maximum absolute atomic E-state index is 3.42. The van der Waals surface area contributed by atoms with E-state index in [2.05, 4.69) is 141 Å². The smallest absolute Gasteiger partial charge is 0.0771 e. The summed E-state index contributed by atoms with van der Waals surface area (Å²) in [7, 11) is 0. The fraction of sp³-hybridized carbons (Fsp3) is 0.189. The Labute approximate surface area is 267 Å². The van der Waals surface area contributed by atoms with Gasteiger partial charge in [0.25, 0.3) is 0 Å². The Morgan fingerprint density at radius 1 is 0.650 bits per heavy atom. The minimum Gasteiger partial charge on any atom is -0.126 e. The van der Waals surface area contributed by atoms with Gasteiger partial charge in [-0.15, -0.1) is 46.2 Å². The Kier molecular flexibility index (Phi) is 15.3. The summed E-state index contributed by atoms with van der Waals surface area (Å²) in [6, 6.07) is 40.4. The van der Waals surface area contributed by atoms with Crippen molar-refractivity contribution in [3.8, 4) is 0 Å². The normalized spacial score (nSPS) is 11.6. The van der Waals surface area contributed by atoms with E-state index in [0.29, 0.717) is 0 Å². The van der Waals surface area contributed by atoms with Crippen LogP contribution >= 0.6 is 0 Å². The fourth-order valence-electron chi connectivity index (χ4n) is 4.77. The van der Waals surface area contributed by atoms with Gasteiger partial charge in [0.2, 0.25) is 0 Å². The third-order valence-electron chi connectivity index (χ3n) is 6.66. The van der Waals surface area contributed by atoms with Gasteiger partial charge < -0.3 is 24.8 Å². The van der Waals surface area contributed by atoms with Crippen molar-refractivity contribution in [2.75, 3.05) is 0 Å². The molecule has 0 nitrogen and oxygen atoms in total. The Hall–Kier alpha value is -2.44. The Bertz CT molecular complexity index is 1420. The van der Waals surface area contributed by atoms with Gasteiger partial charge in [-0.05, 0) is 6.42 Å². The quantitative estimate of drug-likeness (QED) is 0.244. The number of hydrogen-bond donors (Lipinski definition) is 0. The van der Waals surface area contributed by atoms with Crippen LogP contribution < -0.4 is 24.8 Å². The van der Waals surface area contributed by atoms with Crippen LogP contribution in [0.15, 0.2) is 132 Å². The van der Waals surface area contributed by atoms with Gasteiger partial charge in [-0.1, -0.05) is 69.5 Å². The van der Waals surface area contributed by atoms with Crippen LogP contribution in [0.1, 0.15) is 57.1 Å². The number of halogens is 2. The van der Waals surface area contributed by atoms with Crippen molar-refractivity contribution < 1.29 is 49.0 Å². The van der Waals surface area contributed by atoms with Gasteiger partial charge >= 0.3 is 99.2 Å². The summed E-state index contributed by atoms with van der Waals surface area (Å²) in [5.74, 6) is 0. The number of fused-ring (bicyclic) bond motifs is 3. The first-order valence-electron chi connectivity index (χ1n) is 13.7. The van der Waals surface area contributed by atoms with E-state index >= 15 is 0 Å². The number of hydrogen-bond acceptors (Lipinski definition) is 0. The van der Waals surface area contributed by atoms with Gasteiger partial charge in [-0.3, -0.25) is 6.08 Å². The molecule has 6 rings (SSSR count). The summed E-state index contributed by atoms with van der Waals surface area (Å²) in [6.45, 7) is 4.46. The SMILES string of the molecule is CCCC1=[C-]CC(CCC)=C1.[Cl-].[Cl-].[Zr+2]=[C](c1ccccc1)c1ccccc1.c1ccc2c(c1)[cH-]c1ccccc12. The van der Waals surface area contributed by atoms with Gasteiger partial charge in [0.1, 0.15) is 0 Å². The molecule has 0 atom stereocenters. The van der Waals surface area contributed by atoms with Crippen molar-refractivity contribution in [3.05, 3.63) is 150 Å². The molecule has 0 aliphatic heterocycles. The van der Waals surface area contributed by atoms with E-state index in [1.807, 2.05) is 0 Å². The first kappa shape index (κ1) is 33.8. The van der Waals surface area contributed by atoms with Crippen molar-refractivity contribution in [2.45, 2.75) is 46.0 Å². The Morgan fingerprint density at radius 3 is 1.57 bits per heavy atom. The zero-order valence-electron chi connectivity index (χ0n) is 23.3. The topological polar surface area (TPSA) is 0 Å². The maximum Gasteiger partial charge on any atom is -0.0771 e. The molecule has 1 aliphatic rings.